The van der Waals surface area contributed by atoms with Crippen molar-refractivity contribution in [3.8, 4) is 0 Å². The second-order valence-corrected chi connectivity index (χ2v) is 5.76. The first-order chi connectivity index (χ1) is 9.74. The molecule has 0 spiro atoms. The van der Waals surface area contributed by atoms with Gasteiger partial charge in [-0.2, -0.15) is 0 Å². The average molecular weight is 272 g/mol. The molecule has 1 aromatic heterocycles. The summed E-state index contributed by atoms with van der Waals surface area (Å²) in [6.07, 6.45) is 6.84. The Balaban J connectivity index is 1.76. The summed E-state index contributed by atoms with van der Waals surface area (Å²) >= 11 is 0. The second kappa shape index (κ2) is 5.75. The van der Waals surface area contributed by atoms with Gasteiger partial charge in [0.2, 0.25) is 0 Å². The number of hydrogen-bond acceptors (Lipinski definition) is 3. The van der Waals surface area contributed by atoms with E-state index in [0.717, 1.165) is 6.42 Å². The average Bonchev–Trinajstić information content (AvgIpc) is 2.95. The molecule has 1 heterocycles. The SMILES string of the molecule is O=c1c2ccccc2ncn1C[C@H](O)CC1CCCC1. The Bertz CT molecular complexity index is 644. The molecular formula is C16H20N2O2. The number of para-hydroxylation sites is 1. The van der Waals surface area contributed by atoms with E-state index in [1.54, 1.807) is 12.4 Å². The molecule has 4 heteroatoms. The maximum Gasteiger partial charge on any atom is 0.261 e. The Labute approximate surface area is 118 Å². The minimum atomic E-state index is -0.459. The van der Waals surface area contributed by atoms with Crippen molar-refractivity contribution in [1.29, 1.82) is 0 Å². The monoisotopic (exact) mass is 272 g/mol. The van der Waals surface area contributed by atoms with Gasteiger partial charge in [-0.3, -0.25) is 9.36 Å². The topological polar surface area (TPSA) is 55.1 Å². The Hall–Kier alpha value is -1.68. The fourth-order valence-corrected chi connectivity index (χ4v) is 3.17. The van der Waals surface area contributed by atoms with Gasteiger partial charge in [-0.15, -0.1) is 0 Å². The van der Waals surface area contributed by atoms with Gasteiger partial charge >= 0.3 is 0 Å². The number of aliphatic hydroxyl groups excluding tert-OH is 1. The van der Waals surface area contributed by atoms with Gasteiger partial charge in [0.1, 0.15) is 0 Å². The molecule has 1 aromatic carbocycles. The molecule has 0 saturated heterocycles. The minimum Gasteiger partial charge on any atom is -0.391 e. The summed E-state index contributed by atoms with van der Waals surface area (Å²) in [6, 6.07) is 7.32. The van der Waals surface area contributed by atoms with Gasteiger partial charge in [0.25, 0.3) is 5.56 Å². The highest BCUT2D eigenvalue weighted by molar-refractivity contribution is 5.76. The summed E-state index contributed by atoms with van der Waals surface area (Å²) < 4.78 is 1.53. The van der Waals surface area contributed by atoms with Crippen molar-refractivity contribution in [2.24, 2.45) is 5.92 Å². The summed E-state index contributed by atoms with van der Waals surface area (Å²) in [4.78, 5) is 16.6. The van der Waals surface area contributed by atoms with Crippen LogP contribution in [0.3, 0.4) is 0 Å². The molecule has 0 unspecified atom stereocenters. The summed E-state index contributed by atoms with van der Waals surface area (Å²) in [6.45, 7) is 0.340. The van der Waals surface area contributed by atoms with Crippen LogP contribution >= 0.6 is 0 Å². The van der Waals surface area contributed by atoms with Crippen molar-refractivity contribution in [2.75, 3.05) is 0 Å². The van der Waals surface area contributed by atoms with Crippen molar-refractivity contribution < 1.29 is 5.11 Å². The number of nitrogens with zero attached hydrogens (tertiary/aromatic N) is 2. The zero-order valence-electron chi connectivity index (χ0n) is 11.5. The maximum absolute atomic E-state index is 12.3. The minimum absolute atomic E-state index is 0.0685. The third kappa shape index (κ3) is 2.75. The molecule has 0 aliphatic heterocycles. The van der Waals surface area contributed by atoms with Gasteiger partial charge in [-0.25, -0.2) is 4.98 Å². The van der Waals surface area contributed by atoms with E-state index in [4.69, 9.17) is 0 Å². The normalized spacial score (nSPS) is 17.6. The molecule has 1 N–H and O–H groups in total. The lowest BCUT2D eigenvalue weighted by Crippen LogP contribution is -2.28. The van der Waals surface area contributed by atoms with Crippen LogP contribution in [0.1, 0.15) is 32.1 Å². The first kappa shape index (κ1) is 13.3. The molecule has 0 amide bonds. The number of aliphatic hydroxyl groups is 1. The van der Waals surface area contributed by atoms with Crippen LogP contribution in [-0.4, -0.2) is 20.8 Å². The molecule has 1 aliphatic carbocycles. The highest BCUT2D eigenvalue weighted by atomic mass is 16.3. The molecular weight excluding hydrogens is 252 g/mol. The van der Waals surface area contributed by atoms with E-state index in [1.165, 1.54) is 30.3 Å². The largest absolute Gasteiger partial charge is 0.391 e. The predicted octanol–water partition coefficient (Wildman–Crippen LogP) is 2.34. The lowest BCUT2D eigenvalue weighted by atomic mass is 10.00. The Kier molecular flexibility index (Phi) is 3.83. The molecule has 4 nitrogen and oxygen atoms in total. The van der Waals surface area contributed by atoms with Crippen LogP contribution in [0.2, 0.25) is 0 Å². The quantitative estimate of drug-likeness (QED) is 0.929. The Morgan fingerprint density at radius 2 is 2.05 bits per heavy atom. The van der Waals surface area contributed by atoms with E-state index in [0.29, 0.717) is 23.4 Å². The van der Waals surface area contributed by atoms with Gasteiger partial charge < -0.3 is 5.11 Å². The number of benzene rings is 1. The fraction of sp³-hybridized carbons (Fsp3) is 0.500. The number of rotatable bonds is 4. The molecule has 3 rings (SSSR count). The molecule has 1 aliphatic rings. The Morgan fingerprint density at radius 1 is 1.30 bits per heavy atom. The van der Waals surface area contributed by atoms with Gasteiger partial charge in [-0.1, -0.05) is 37.8 Å². The lowest BCUT2D eigenvalue weighted by molar-refractivity contribution is 0.123. The number of aromatic nitrogens is 2. The van der Waals surface area contributed by atoms with Crippen LogP contribution in [0.5, 0.6) is 0 Å². The number of hydrogen-bond donors (Lipinski definition) is 1. The molecule has 1 saturated carbocycles. The van der Waals surface area contributed by atoms with Crippen LogP contribution in [0.4, 0.5) is 0 Å². The summed E-state index contributed by atoms with van der Waals surface area (Å²) in [7, 11) is 0. The Morgan fingerprint density at radius 3 is 2.85 bits per heavy atom. The van der Waals surface area contributed by atoms with Crippen LogP contribution in [0.25, 0.3) is 10.9 Å². The van der Waals surface area contributed by atoms with Crippen molar-refractivity contribution >= 4 is 10.9 Å². The highest BCUT2D eigenvalue weighted by Crippen LogP contribution is 2.28. The van der Waals surface area contributed by atoms with E-state index in [2.05, 4.69) is 4.98 Å². The van der Waals surface area contributed by atoms with Crippen molar-refractivity contribution in [1.82, 2.24) is 9.55 Å². The van der Waals surface area contributed by atoms with Crippen LogP contribution < -0.4 is 5.56 Å². The summed E-state index contributed by atoms with van der Waals surface area (Å²) in [5, 5.41) is 10.8. The molecule has 106 valence electrons. The summed E-state index contributed by atoms with van der Waals surface area (Å²) in [5.74, 6) is 0.620. The molecule has 1 fully saturated rings. The molecule has 1 atom stereocenters. The zero-order valence-corrected chi connectivity index (χ0v) is 11.5. The van der Waals surface area contributed by atoms with Crippen molar-refractivity contribution in [2.45, 2.75) is 44.8 Å². The zero-order chi connectivity index (χ0) is 13.9. The fourth-order valence-electron chi connectivity index (χ4n) is 3.17. The maximum atomic E-state index is 12.3. The summed E-state index contributed by atoms with van der Waals surface area (Å²) in [5.41, 5.74) is 0.639. The van der Waals surface area contributed by atoms with Crippen molar-refractivity contribution in [3.05, 3.63) is 40.9 Å². The third-order valence-electron chi connectivity index (χ3n) is 4.22. The van der Waals surface area contributed by atoms with E-state index in [-0.39, 0.29) is 5.56 Å². The van der Waals surface area contributed by atoms with Gasteiger partial charge in [0, 0.05) is 0 Å². The smallest absolute Gasteiger partial charge is 0.261 e. The van der Waals surface area contributed by atoms with Crippen LogP contribution in [-0.2, 0) is 6.54 Å². The first-order valence-corrected chi connectivity index (χ1v) is 7.36. The molecule has 0 radical (unpaired) electrons. The van der Waals surface area contributed by atoms with E-state index < -0.39 is 6.10 Å². The molecule has 20 heavy (non-hydrogen) atoms. The second-order valence-electron chi connectivity index (χ2n) is 5.76. The lowest BCUT2D eigenvalue weighted by Gasteiger charge is -2.16. The number of fused-ring (bicyclic) bond motifs is 1. The molecule has 0 bridgehead atoms. The standard InChI is InChI=1S/C16H20N2O2/c19-13(9-12-5-1-2-6-12)10-18-11-17-15-8-4-3-7-14(15)16(18)20/h3-4,7-8,11-13,19H,1-2,5-6,9-10H2/t13-/m1/s1. The van der Waals surface area contributed by atoms with Crippen LogP contribution in [0.15, 0.2) is 35.4 Å². The van der Waals surface area contributed by atoms with Crippen molar-refractivity contribution in [3.63, 3.8) is 0 Å². The van der Waals surface area contributed by atoms with Gasteiger partial charge in [0.05, 0.1) is 29.9 Å². The highest BCUT2D eigenvalue weighted by Gasteiger charge is 2.19. The van der Waals surface area contributed by atoms with Crippen LogP contribution in [0, 0.1) is 5.92 Å². The van der Waals surface area contributed by atoms with Gasteiger partial charge in [-0.05, 0) is 24.5 Å². The molecule has 2 aromatic rings. The third-order valence-corrected chi connectivity index (χ3v) is 4.22. The van der Waals surface area contributed by atoms with E-state index in [9.17, 15) is 9.90 Å². The first-order valence-electron chi connectivity index (χ1n) is 7.36. The van der Waals surface area contributed by atoms with E-state index >= 15 is 0 Å². The predicted molar refractivity (Wildman–Crippen MR) is 78.6 cm³/mol. The van der Waals surface area contributed by atoms with E-state index in [1.807, 2.05) is 18.2 Å². The van der Waals surface area contributed by atoms with Gasteiger partial charge in [0.15, 0.2) is 0 Å².